The van der Waals surface area contributed by atoms with Gasteiger partial charge < -0.3 is 14.5 Å². The van der Waals surface area contributed by atoms with Crippen molar-refractivity contribution in [2.24, 2.45) is 0 Å². The SMILES string of the molecule is Cc1ccc(-c2cnc(CCC(=O)OCC(=O)Nc3c(Cl)cc(Cl)cc3Cl)o2)cc1. The maximum atomic E-state index is 12.0. The highest BCUT2D eigenvalue weighted by Gasteiger charge is 2.14. The fourth-order valence-electron chi connectivity index (χ4n) is 2.54. The van der Waals surface area contributed by atoms with E-state index in [1.165, 1.54) is 12.1 Å². The molecule has 1 N–H and O–H groups in total. The van der Waals surface area contributed by atoms with Crippen LogP contribution in [0.4, 0.5) is 5.69 Å². The van der Waals surface area contributed by atoms with E-state index in [2.05, 4.69) is 10.3 Å². The number of amides is 1. The fraction of sp³-hybridized carbons (Fsp3) is 0.190. The van der Waals surface area contributed by atoms with E-state index in [0.29, 0.717) is 16.7 Å². The molecule has 156 valence electrons. The molecule has 0 aliphatic rings. The Balaban J connectivity index is 1.46. The maximum absolute atomic E-state index is 12.0. The lowest BCUT2D eigenvalue weighted by atomic mass is 10.1. The summed E-state index contributed by atoms with van der Waals surface area (Å²) in [6.07, 6.45) is 1.88. The summed E-state index contributed by atoms with van der Waals surface area (Å²) in [6, 6.07) is 10.7. The molecule has 0 bridgehead atoms. The third-order valence-electron chi connectivity index (χ3n) is 4.07. The molecule has 0 saturated heterocycles. The number of benzene rings is 2. The molecule has 0 aliphatic heterocycles. The molecular formula is C21H17Cl3N2O4. The smallest absolute Gasteiger partial charge is 0.306 e. The molecule has 0 atom stereocenters. The number of esters is 1. The van der Waals surface area contributed by atoms with E-state index >= 15 is 0 Å². The Labute approximate surface area is 188 Å². The molecule has 0 radical (unpaired) electrons. The van der Waals surface area contributed by atoms with Crippen molar-refractivity contribution in [2.45, 2.75) is 19.8 Å². The van der Waals surface area contributed by atoms with Crippen LogP contribution >= 0.6 is 34.8 Å². The molecule has 1 amide bonds. The number of aromatic nitrogens is 1. The minimum absolute atomic E-state index is 0.0174. The number of oxazole rings is 1. The lowest BCUT2D eigenvalue weighted by molar-refractivity contribution is -0.147. The quantitative estimate of drug-likeness (QED) is 0.449. The monoisotopic (exact) mass is 466 g/mol. The van der Waals surface area contributed by atoms with Crippen molar-refractivity contribution in [2.75, 3.05) is 11.9 Å². The zero-order chi connectivity index (χ0) is 21.7. The Kier molecular flexibility index (Phi) is 7.37. The van der Waals surface area contributed by atoms with Crippen LogP contribution in [0.1, 0.15) is 17.9 Å². The van der Waals surface area contributed by atoms with Crippen molar-refractivity contribution in [3.05, 3.63) is 69.1 Å². The third-order valence-corrected chi connectivity index (χ3v) is 4.88. The number of halogens is 3. The number of carbonyl (C=O) groups excluding carboxylic acids is 2. The molecule has 0 aliphatic carbocycles. The zero-order valence-corrected chi connectivity index (χ0v) is 18.1. The van der Waals surface area contributed by atoms with Crippen molar-refractivity contribution in [3.63, 3.8) is 0 Å². The molecule has 6 nitrogen and oxygen atoms in total. The average molecular weight is 468 g/mol. The predicted molar refractivity (Wildman–Crippen MR) is 116 cm³/mol. The number of hydrogen-bond donors (Lipinski definition) is 1. The average Bonchev–Trinajstić information content (AvgIpc) is 3.17. The van der Waals surface area contributed by atoms with Crippen molar-refractivity contribution in [3.8, 4) is 11.3 Å². The van der Waals surface area contributed by atoms with Crippen molar-refractivity contribution < 1.29 is 18.7 Å². The van der Waals surface area contributed by atoms with E-state index in [0.717, 1.165) is 11.1 Å². The van der Waals surface area contributed by atoms with Gasteiger partial charge in [0.1, 0.15) is 0 Å². The Morgan fingerprint density at radius 1 is 1.10 bits per heavy atom. The zero-order valence-electron chi connectivity index (χ0n) is 15.9. The highest BCUT2D eigenvalue weighted by Crippen LogP contribution is 2.33. The van der Waals surface area contributed by atoms with E-state index in [-0.39, 0.29) is 28.6 Å². The number of anilines is 1. The van der Waals surface area contributed by atoms with Crippen molar-refractivity contribution >= 4 is 52.4 Å². The Morgan fingerprint density at radius 2 is 1.77 bits per heavy atom. The Morgan fingerprint density at radius 3 is 2.43 bits per heavy atom. The van der Waals surface area contributed by atoms with E-state index in [1.807, 2.05) is 31.2 Å². The van der Waals surface area contributed by atoms with Gasteiger partial charge in [0.2, 0.25) is 0 Å². The van der Waals surface area contributed by atoms with Gasteiger partial charge in [-0.2, -0.15) is 0 Å². The van der Waals surface area contributed by atoms with Gasteiger partial charge in [-0.05, 0) is 19.1 Å². The number of aryl methyl sites for hydroxylation is 2. The molecule has 3 rings (SSSR count). The highest BCUT2D eigenvalue weighted by atomic mass is 35.5. The lowest BCUT2D eigenvalue weighted by Gasteiger charge is -2.10. The van der Waals surface area contributed by atoms with Crippen LogP contribution < -0.4 is 5.32 Å². The number of nitrogens with one attached hydrogen (secondary N) is 1. The van der Waals surface area contributed by atoms with E-state index < -0.39 is 18.5 Å². The molecule has 1 heterocycles. The van der Waals surface area contributed by atoms with Crippen LogP contribution in [0.3, 0.4) is 0 Å². The van der Waals surface area contributed by atoms with Gasteiger partial charge in [-0.1, -0.05) is 64.6 Å². The first-order valence-electron chi connectivity index (χ1n) is 8.93. The summed E-state index contributed by atoms with van der Waals surface area (Å²) >= 11 is 17.8. The summed E-state index contributed by atoms with van der Waals surface area (Å²) in [4.78, 5) is 28.1. The number of ether oxygens (including phenoxy) is 1. The summed E-state index contributed by atoms with van der Waals surface area (Å²) in [7, 11) is 0. The van der Waals surface area contributed by atoms with Gasteiger partial charge in [-0.3, -0.25) is 9.59 Å². The largest absolute Gasteiger partial charge is 0.456 e. The second kappa shape index (κ2) is 9.98. The molecule has 0 saturated carbocycles. The fourth-order valence-corrected chi connectivity index (χ4v) is 3.45. The molecule has 3 aromatic rings. The lowest BCUT2D eigenvalue weighted by Crippen LogP contribution is -2.21. The summed E-state index contributed by atoms with van der Waals surface area (Å²) in [5.41, 5.74) is 2.25. The minimum Gasteiger partial charge on any atom is -0.456 e. The first-order chi connectivity index (χ1) is 14.3. The number of hydrogen-bond acceptors (Lipinski definition) is 5. The van der Waals surface area contributed by atoms with Gasteiger partial charge in [0, 0.05) is 17.0 Å². The van der Waals surface area contributed by atoms with Crippen molar-refractivity contribution in [1.29, 1.82) is 0 Å². The minimum atomic E-state index is -0.577. The summed E-state index contributed by atoms with van der Waals surface area (Å²) in [5, 5.41) is 3.19. The molecule has 0 spiro atoms. The van der Waals surface area contributed by atoms with Crippen LogP contribution in [0.25, 0.3) is 11.3 Å². The first kappa shape index (κ1) is 22.2. The van der Waals surface area contributed by atoms with E-state index in [1.54, 1.807) is 6.20 Å². The highest BCUT2D eigenvalue weighted by molar-refractivity contribution is 6.42. The van der Waals surface area contributed by atoms with Crippen LogP contribution in [0.5, 0.6) is 0 Å². The maximum Gasteiger partial charge on any atom is 0.306 e. The van der Waals surface area contributed by atoms with Crippen LogP contribution in [-0.4, -0.2) is 23.5 Å². The molecule has 1 aromatic heterocycles. The molecule has 9 heteroatoms. The standard InChI is InChI=1S/C21H17Cl3N2O4/c1-12-2-4-13(5-3-12)17-10-25-19(30-17)6-7-20(28)29-11-18(27)26-21-15(23)8-14(22)9-16(21)24/h2-5,8-10H,6-7,11H2,1H3,(H,26,27). The Bertz CT molecular complexity index is 1040. The molecule has 2 aromatic carbocycles. The topological polar surface area (TPSA) is 81.4 Å². The molecule has 0 unspecified atom stereocenters. The number of rotatable bonds is 7. The summed E-state index contributed by atoms with van der Waals surface area (Å²) < 4.78 is 10.6. The Hall–Kier alpha value is -2.54. The van der Waals surface area contributed by atoms with Gasteiger partial charge >= 0.3 is 5.97 Å². The molecule has 30 heavy (non-hydrogen) atoms. The van der Waals surface area contributed by atoms with Gasteiger partial charge in [-0.25, -0.2) is 4.98 Å². The number of nitrogens with zero attached hydrogens (tertiary/aromatic N) is 1. The van der Waals surface area contributed by atoms with E-state index in [9.17, 15) is 9.59 Å². The third kappa shape index (κ3) is 5.98. The van der Waals surface area contributed by atoms with Crippen molar-refractivity contribution in [1.82, 2.24) is 4.98 Å². The van der Waals surface area contributed by atoms with Gasteiger partial charge in [0.05, 0.1) is 28.4 Å². The normalized spacial score (nSPS) is 10.7. The van der Waals surface area contributed by atoms with Gasteiger partial charge in [0.15, 0.2) is 18.3 Å². The van der Waals surface area contributed by atoms with Crippen LogP contribution in [0.2, 0.25) is 15.1 Å². The van der Waals surface area contributed by atoms with E-state index in [4.69, 9.17) is 44.0 Å². The first-order valence-corrected chi connectivity index (χ1v) is 10.1. The molecular weight excluding hydrogens is 451 g/mol. The second-order valence-electron chi connectivity index (χ2n) is 6.44. The second-order valence-corrected chi connectivity index (χ2v) is 7.69. The predicted octanol–water partition coefficient (Wildman–Crippen LogP) is 5.72. The van der Waals surface area contributed by atoms with Crippen LogP contribution in [-0.2, 0) is 20.7 Å². The van der Waals surface area contributed by atoms with Crippen LogP contribution in [0, 0.1) is 6.92 Å². The summed E-state index contributed by atoms with van der Waals surface area (Å²) in [5.74, 6) is -0.109. The summed E-state index contributed by atoms with van der Waals surface area (Å²) in [6.45, 7) is 1.52. The van der Waals surface area contributed by atoms with Gasteiger partial charge in [-0.15, -0.1) is 0 Å². The van der Waals surface area contributed by atoms with Crippen LogP contribution in [0.15, 0.2) is 47.0 Å². The van der Waals surface area contributed by atoms with Gasteiger partial charge in [0.25, 0.3) is 5.91 Å². The number of carbonyl (C=O) groups is 2. The molecule has 0 fully saturated rings.